The van der Waals surface area contributed by atoms with E-state index in [1.807, 2.05) is 12.2 Å². The maximum absolute atomic E-state index is 11.2. The van der Waals surface area contributed by atoms with E-state index in [0.29, 0.717) is 6.42 Å². The molecule has 0 fully saturated rings. The lowest BCUT2D eigenvalue weighted by Crippen LogP contribution is -2.43. The van der Waals surface area contributed by atoms with E-state index >= 15 is 0 Å². The van der Waals surface area contributed by atoms with Gasteiger partial charge in [0.05, 0.1) is 19.3 Å². The Balaban J connectivity index is 4.64. The third kappa shape index (κ3) is 14.2. The highest BCUT2D eigenvalue weighted by atomic mass is 28.4. The molecule has 0 rings (SSSR count). The lowest BCUT2D eigenvalue weighted by atomic mass is 10.1. The molecule has 0 radical (unpaired) electrons. The Hall–Kier alpha value is -0.913. The average molecular weight is 441 g/mol. The Morgan fingerprint density at radius 2 is 1.63 bits per heavy atom. The number of allylic oxidation sites excluding steroid dienone is 1. The van der Waals surface area contributed by atoms with Crippen molar-refractivity contribution in [2.45, 2.75) is 122 Å². The highest BCUT2D eigenvalue weighted by Crippen LogP contribution is 2.38. The Morgan fingerprint density at radius 3 is 2.23 bits per heavy atom. The first-order valence-electron chi connectivity index (χ1n) is 11.8. The van der Waals surface area contributed by atoms with Crippen molar-refractivity contribution in [3.05, 3.63) is 24.3 Å². The van der Waals surface area contributed by atoms with Gasteiger partial charge < -0.3 is 14.3 Å². The molecule has 0 aromatic rings. The molecule has 5 heteroatoms. The summed E-state index contributed by atoms with van der Waals surface area (Å²) in [6.45, 7) is 13.5. The van der Waals surface area contributed by atoms with Crippen LogP contribution in [0.4, 0.5) is 0 Å². The van der Waals surface area contributed by atoms with Crippen LogP contribution in [0.25, 0.3) is 0 Å². The van der Waals surface area contributed by atoms with E-state index in [4.69, 9.17) is 4.43 Å². The maximum Gasteiger partial charge on any atom is 0.305 e. The SMILES string of the molecule is CCCC/C=C/C(O)/C=C/C(CCCCCCCC(=O)OC)O[Si](C)(C)C(C)(C)C. The summed E-state index contributed by atoms with van der Waals surface area (Å²) >= 11 is 0. The van der Waals surface area contributed by atoms with Crippen molar-refractivity contribution < 1.29 is 19.1 Å². The van der Waals surface area contributed by atoms with Crippen molar-refractivity contribution in [2.75, 3.05) is 7.11 Å². The molecule has 0 aliphatic rings. The van der Waals surface area contributed by atoms with Crippen LogP contribution < -0.4 is 0 Å². The molecule has 2 atom stereocenters. The molecule has 1 N–H and O–H groups in total. The standard InChI is InChI=1S/C25H48O4Si/c1-8-9-10-14-17-22(26)20-21-23(29-30(6,7)25(2,3)4)18-15-12-11-13-16-19-24(27)28-5/h14,17,20-23,26H,8-13,15-16,18-19H2,1-7H3/b17-14+,21-20+. The highest BCUT2D eigenvalue weighted by molar-refractivity contribution is 6.74. The summed E-state index contributed by atoms with van der Waals surface area (Å²) in [6, 6.07) is 0. The number of carbonyl (C=O) groups excluding carboxylic acids is 1. The van der Waals surface area contributed by atoms with Crippen molar-refractivity contribution >= 4 is 14.3 Å². The molecule has 0 saturated heterocycles. The summed E-state index contributed by atoms with van der Waals surface area (Å²) in [4.78, 5) is 11.2. The topological polar surface area (TPSA) is 55.8 Å². The van der Waals surface area contributed by atoms with Crippen LogP contribution in [0.5, 0.6) is 0 Å². The molecular weight excluding hydrogens is 392 g/mol. The lowest BCUT2D eigenvalue weighted by Gasteiger charge is -2.38. The first kappa shape index (κ1) is 29.1. The minimum atomic E-state index is -1.88. The van der Waals surface area contributed by atoms with Gasteiger partial charge in [-0.2, -0.15) is 0 Å². The fraction of sp³-hybridized carbons (Fsp3) is 0.800. The second kappa shape index (κ2) is 15.8. The molecule has 30 heavy (non-hydrogen) atoms. The van der Waals surface area contributed by atoms with Crippen molar-refractivity contribution in [1.82, 2.24) is 0 Å². The second-order valence-electron chi connectivity index (χ2n) is 9.75. The third-order valence-corrected chi connectivity index (χ3v) is 10.4. The van der Waals surface area contributed by atoms with Gasteiger partial charge >= 0.3 is 5.97 Å². The fourth-order valence-electron chi connectivity index (χ4n) is 2.86. The Bertz CT molecular complexity index is 506. The zero-order valence-electron chi connectivity index (χ0n) is 20.7. The van der Waals surface area contributed by atoms with E-state index in [0.717, 1.165) is 51.4 Å². The Labute approximate surface area is 187 Å². The van der Waals surface area contributed by atoms with E-state index < -0.39 is 14.4 Å². The van der Waals surface area contributed by atoms with E-state index in [1.165, 1.54) is 13.5 Å². The quantitative estimate of drug-likeness (QED) is 0.122. The number of unbranched alkanes of at least 4 members (excludes halogenated alkanes) is 6. The predicted molar refractivity (Wildman–Crippen MR) is 130 cm³/mol. The van der Waals surface area contributed by atoms with Gasteiger partial charge in [-0.15, -0.1) is 0 Å². The number of carbonyl (C=O) groups is 1. The van der Waals surface area contributed by atoms with Crippen LogP contribution in [0.3, 0.4) is 0 Å². The molecule has 176 valence electrons. The normalized spacial score (nSPS) is 15.1. The molecule has 0 aliphatic heterocycles. The van der Waals surface area contributed by atoms with Gasteiger partial charge in [0, 0.05) is 6.42 Å². The summed E-state index contributed by atoms with van der Waals surface area (Å²) in [7, 11) is -0.436. The van der Waals surface area contributed by atoms with Crippen molar-refractivity contribution in [3.8, 4) is 0 Å². The van der Waals surface area contributed by atoms with Gasteiger partial charge in [0.15, 0.2) is 8.32 Å². The summed E-state index contributed by atoms with van der Waals surface area (Å²) in [5.74, 6) is -0.120. The van der Waals surface area contributed by atoms with Crippen LogP contribution >= 0.6 is 0 Å². The smallest absolute Gasteiger partial charge is 0.305 e. The highest BCUT2D eigenvalue weighted by Gasteiger charge is 2.38. The van der Waals surface area contributed by atoms with Crippen LogP contribution in [0.1, 0.15) is 91.9 Å². The van der Waals surface area contributed by atoms with Gasteiger partial charge in [0.25, 0.3) is 0 Å². The van der Waals surface area contributed by atoms with Gasteiger partial charge in [0.1, 0.15) is 0 Å². The summed E-state index contributed by atoms with van der Waals surface area (Å²) in [5, 5.41) is 10.4. The molecule has 0 amide bonds. The van der Waals surface area contributed by atoms with Gasteiger partial charge in [-0.3, -0.25) is 4.79 Å². The number of ether oxygens (including phenoxy) is 1. The molecular formula is C25H48O4Si. The number of aliphatic hydroxyl groups excluding tert-OH is 1. The molecule has 0 heterocycles. The van der Waals surface area contributed by atoms with Gasteiger partial charge in [0.2, 0.25) is 0 Å². The number of esters is 1. The van der Waals surface area contributed by atoms with E-state index in [1.54, 1.807) is 0 Å². The molecule has 0 aromatic carbocycles. The molecule has 4 nitrogen and oxygen atoms in total. The van der Waals surface area contributed by atoms with Gasteiger partial charge in [-0.1, -0.05) is 90.5 Å². The van der Waals surface area contributed by atoms with Crippen molar-refractivity contribution in [2.24, 2.45) is 0 Å². The average Bonchev–Trinajstić information content (AvgIpc) is 2.67. The molecule has 0 aromatic heterocycles. The predicted octanol–water partition coefficient (Wildman–Crippen LogP) is 6.94. The maximum atomic E-state index is 11.2. The monoisotopic (exact) mass is 440 g/mol. The van der Waals surface area contributed by atoms with Gasteiger partial charge in [-0.05, 0) is 37.4 Å². The fourth-order valence-corrected chi connectivity index (χ4v) is 4.16. The Kier molecular flexibility index (Phi) is 15.3. The second-order valence-corrected chi connectivity index (χ2v) is 14.5. The summed E-state index contributed by atoms with van der Waals surface area (Å²) < 4.78 is 11.3. The van der Waals surface area contributed by atoms with E-state index in [9.17, 15) is 9.90 Å². The molecule has 0 aliphatic carbocycles. The minimum absolute atomic E-state index is 0.0413. The number of hydrogen-bond donors (Lipinski definition) is 1. The van der Waals surface area contributed by atoms with Crippen LogP contribution in [0.15, 0.2) is 24.3 Å². The van der Waals surface area contributed by atoms with Crippen molar-refractivity contribution in [1.29, 1.82) is 0 Å². The summed E-state index contributed by atoms with van der Waals surface area (Å²) in [5.41, 5.74) is 0. The van der Waals surface area contributed by atoms with E-state index in [-0.39, 0.29) is 17.1 Å². The minimum Gasteiger partial charge on any atom is -0.469 e. The number of methoxy groups -OCH3 is 1. The van der Waals surface area contributed by atoms with Crippen molar-refractivity contribution in [3.63, 3.8) is 0 Å². The van der Waals surface area contributed by atoms with Crippen LogP contribution in [-0.4, -0.2) is 38.7 Å². The lowest BCUT2D eigenvalue weighted by molar-refractivity contribution is -0.140. The number of hydrogen-bond acceptors (Lipinski definition) is 4. The zero-order chi connectivity index (χ0) is 23.0. The Morgan fingerprint density at radius 1 is 1.00 bits per heavy atom. The molecule has 0 saturated carbocycles. The van der Waals surface area contributed by atoms with E-state index in [2.05, 4.69) is 57.7 Å². The number of aliphatic hydroxyl groups is 1. The largest absolute Gasteiger partial charge is 0.469 e. The van der Waals surface area contributed by atoms with Gasteiger partial charge in [-0.25, -0.2) is 0 Å². The molecule has 0 bridgehead atoms. The molecule has 2 unspecified atom stereocenters. The summed E-state index contributed by atoms with van der Waals surface area (Å²) in [6.07, 6.45) is 17.5. The first-order valence-corrected chi connectivity index (χ1v) is 14.7. The van der Waals surface area contributed by atoms with Crippen LogP contribution in [-0.2, 0) is 14.0 Å². The zero-order valence-corrected chi connectivity index (χ0v) is 21.7. The molecule has 0 spiro atoms. The first-order chi connectivity index (χ1) is 14.0. The number of rotatable bonds is 16. The third-order valence-electron chi connectivity index (χ3n) is 5.93. The van der Waals surface area contributed by atoms with Crippen LogP contribution in [0.2, 0.25) is 18.1 Å². The van der Waals surface area contributed by atoms with Crippen LogP contribution in [0, 0.1) is 0 Å².